The van der Waals surface area contributed by atoms with Crippen molar-refractivity contribution < 1.29 is 0 Å². The first-order valence-corrected chi connectivity index (χ1v) is 6.52. The summed E-state index contributed by atoms with van der Waals surface area (Å²) in [5.41, 5.74) is 1.87. The number of nitrogens with zero attached hydrogens (tertiary/aromatic N) is 2. The normalized spacial score (nSPS) is 10.7. The highest BCUT2D eigenvalue weighted by molar-refractivity contribution is 6.17. The van der Waals surface area contributed by atoms with Crippen LogP contribution in [0.2, 0.25) is 0 Å². The minimum atomic E-state index is -0.341. The second kappa shape index (κ2) is 5.45. The first-order chi connectivity index (χ1) is 9.06. The molecular weight excluding hydrogens is 264 g/mol. The number of hydrogen-bond acceptors (Lipinski definition) is 2. The summed E-state index contributed by atoms with van der Waals surface area (Å²) in [5.74, 6) is 0.235. The molecule has 1 heterocycles. The van der Waals surface area contributed by atoms with Gasteiger partial charge in [-0.1, -0.05) is 24.3 Å². The molecule has 100 valence electrons. The quantitative estimate of drug-likeness (QED) is 0.803. The molecule has 2 aromatic rings. The lowest BCUT2D eigenvalue weighted by atomic mass is 10.1. The first kappa shape index (κ1) is 13.6. The Morgan fingerprint density at radius 2 is 1.89 bits per heavy atom. The van der Waals surface area contributed by atoms with Gasteiger partial charge in [0.1, 0.15) is 0 Å². The lowest BCUT2D eigenvalue weighted by molar-refractivity contribution is 0.628. The lowest BCUT2D eigenvalue weighted by Gasteiger charge is -2.12. The number of aromatic nitrogens is 2. The zero-order valence-electron chi connectivity index (χ0n) is 10.9. The lowest BCUT2D eigenvalue weighted by Crippen LogP contribution is -2.39. The van der Waals surface area contributed by atoms with Gasteiger partial charge >= 0.3 is 5.69 Å². The third-order valence-corrected chi connectivity index (χ3v) is 3.30. The number of hydrogen-bond donors (Lipinski definition) is 0. The van der Waals surface area contributed by atoms with E-state index in [4.69, 9.17) is 11.6 Å². The van der Waals surface area contributed by atoms with Crippen molar-refractivity contribution in [3.05, 3.63) is 56.7 Å². The summed E-state index contributed by atoms with van der Waals surface area (Å²) >= 11 is 5.61. The molecule has 0 spiro atoms. The van der Waals surface area contributed by atoms with E-state index in [1.165, 1.54) is 10.6 Å². The van der Waals surface area contributed by atoms with Crippen LogP contribution in [0.3, 0.4) is 0 Å². The summed E-state index contributed by atoms with van der Waals surface area (Å²) in [6.45, 7) is 2.17. The predicted octanol–water partition coefficient (Wildman–Crippen LogP) is 1.76. The summed E-state index contributed by atoms with van der Waals surface area (Å²) in [6.07, 6.45) is 0. The topological polar surface area (TPSA) is 44.0 Å². The maximum Gasteiger partial charge on any atom is 0.331 e. The van der Waals surface area contributed by atoms with Crippen LogP contribution in [0.15, 0.2) is 39.9 Å². The molecule has 0 aliphatic heterocycles. The first-order valence-electron chi connectivity index (χ1n) is 5.99. The highest BCUT2D eigenvalue weighted by atomic mass is 35.5. The average Bonchev–Trinajstić information content (AvgIpc) is 2.40. The summed E-state index contributed by atoms with van der Waals surface area (Å²) in [7, 11) is 1.66. The molecule has 0 bridgehead atoms. The van der Waals surface area contributed by atoms with E-state index in [0.717, 1.165) is 15.7 Å². The smallest absolute Gasteiger partial charge is 0.296 e. The Hall–Kier alpha value is -1.81. The van der Waals surface area contributed by atoms with E-state index in [-0.39, 0.29) is 23.7 Å². The highest BCUT2D eigenvalue weighted by Crippen LogP contribution is 2.19. The monoisotopic (exact) mass is 278 g/mol. The fourth-order valence-electron chi connectivity index (χ4n) is 2.08. The minimum absolute atomic E-state index is 0.223. The van der Waals surface area contributed by atoms with Crippen molar-refractivity contribution in [1.82, 2.24) is 9.13 Å². The molecule has 0 saturated heterocycles. The van der Waals surface area contributed by atoms with Gasteiger partial charge in [-0.05, 0) is 12.5 Å². The number of halogens is 1. The second-order valence-electron chi connectivity index (χ2n) is 4.36. The van der Waals surface area contributed by atoms with Crippen molar-refractivity contribution in [1.29, 1.82) is 0 Å². The van der Waals surface area contributed by atoms with E-state index in [1.807, 2.05) is 31.2 Å². The van der Waals surface area contributed by atoms with Gasteiger partial charge in [-0.25, -0.2) is 4.79 Å². The van der Waals surface area contributed by atoms with Crippen LogP contribution in [-0.2, 0) is 13.6 Å². The van der Waals surface area contributed by atoms with Crippen LogP contribution in [-0.4, -0.2) is 15.0 Å². The molecule has 19 heavy (non-hydrogen) atoms. The van der Waals surface area contributed by atoms with Crippen LogP contribution < -0.4 is 11.2 Å². The van der Waals surface area contributed by atoms with Crippen LogP contribution in [0.25, 0.3) is 11.3 Å². The van der Waals surface area contributed by atoms with Crippen LogP contribution in [0.5, 0.6) is 0 Å². The van der Waals surface area contributed by atoms with Crippen molar-refractivity contribution in [3.63, 3.8) is 0 Å². The van der Waals surface area contributed by atoms with E-state index >= 15 is 0 Å². The minimum Gasteiger partial charge on any atom is -0.296 e. The molecule has 0 radical (unpaired) electrons. The molecule has 4 nitrogen and oxygen atoms in total. The fourth-order valence-corrected chi connectivity index (χ4v) is 2.25. The van der Waals surface area contributed by atoms with Gasteiger partial charge in [-0.2, -0.15) is 0 Å². The van der Waals surface area contributed by atoms with Gasteiger partial charge in [0.05, 0.1) is 5.69 Å². The summed E-state index contributed by atoms with van der Waals surface area (Å²) < 4.78 is 2.63. The summed E-state index contributed by atoms with van der Waals surface area (Å²) in [4.78, 5) is 24.1. The second-order valence-corrected chi connectivity index (χ2v) is 4.74. The Kier molecular flexibility index (Phi) is 3.90. The molecular formula is C14H15ClN2O2. The third-order valence-electron chi connectivity index (χ3n) is 3.13. The number of aryl methyl sites for hydroxylation is 1. The molecule has 0 aliphatic carbocycles. The molecule has 1 aromatic heterocycles. The maximum absolute atomic E-state index is 12.2. The van der Waals surface area contributed by atoms with Crippen molar-refractivity contribution in [2.45, 2.75) is 13.5 Å². The van der Waals surface area contributed by atoms with Gasteiger partial charge in [0.2, 0.25) is 0 Å². The van der Waals surface area contributed by atoms with E-state index in [2.05, 4.69) is 0 Å². The van der Waals surface area contributed by atoms with E-state index in [0.29, 0.717) is 5.69 Å². The SMILES string of the molecule is Cc1ccccc1-c1cc(=O)n(CCCl)c(=O)n1C. The van der Waals surface area contributed by atoms with Crippen LogP contribution in [0.4, 0.5) is 0 Å². The summed E-state index contributed by atoms with van der Waals surface area (Å²) in [6, 6.07) is 9.14. The van der Waals surface area contributed by atoms with Gasteiger partial charge in [0.15, 0.2) is 0 Å². The predicted molar refractivity (Wildman–Crippen MR) is 76.8 cm³/mol. The molecule has 0 fully saturated rings. The van der Waals surface area contributed by atoms with Crippen LogP contribution in [0, 0.1) is 6.92 Å². The van der Waals surface area contributed by atoms with Gasteiger partial charge in [-0.15, -0.1) is 11.6 Å². The largest absolute Gasteiger partial charge is 0.331 e. The van der Waals surface area contributed by atoms with E-state index < -0.39 is 0 Å². The number of alkyl halides is 1. The standard InChI is InChI=1S/C14H15ClN2O2/c1-10-5-3-4-6-11(10)12-9-13(18)17(8-7-15)14(19)16(12)2/h3-6,9H,7-8H2,1-2H3. The van der Waals surface area contributed by atoms with Gasteiger partial charge in [-0.3, -0.25) is 13.9 Å². The van der Waals surface area contributed by atoms with Crippen LogP contribution in [0.1, 0.15) is 5.56 Å². The molecule has 0 aliphatic rings. The Balaban J connectivity index is 2.72. The fraction of sp³-hybridized carbons (Fsp3) is 0.286. The van der Waals surface area contributed by atoms with Gasteiger partial charge in [0, 0.05) is 31.1 Å². The number of benzene rings is 1. The summed E-state index contributed by atoms with van der Waals surface area (Å²) in [5, 5.41) is 0. The Morgan fingerprint density at radius 3 is 2.53 bits per heavy atom. The third kappa shape index (κ3) is 2.49. The van der Waals surface area contributed by atoms with Crippen molar-refractivity contribution in [2.75, 3.05) is 5.88 Å². The molecule has 0 N–H and O–H groups in total. The van der Waals surface area contributed by atoms with Gasteiger partial charge < -0.3 is 0 Å². The molecule has 0 saturated carbocycles. The zero-order valence-corrected chi connectivity index (χ0v) is 11.6. The van der Waals surface area contributed by atoms with Crippen molar-refractivity contribution in [2.24, 2.45) is 7.05 Å². The molecule has 0 unspecified atom stereocenters. The molecule has 1 aromatic carbocycles. The Labute approximate surface area is 115 Å². The van der Waals surface area contributed by atoms with Crippen molar-refractivity contribution >= 4 is 11.6 Å². The highest BCUT2D eigenvalue weighted by Gasteiger charge is 2.11. The average molecular weight is 279 g/mol. The molecule has 0 atom stereocenters. The Bertz CT molecular complexity index is 716. The Morgan fingerprint density at radius 1 is 1.21 bits per heavy atom. The molecule has 0 amide bonds. The van der Waals surface area contributed by atoms with E-state index in [9.17, 15) is 9.59 Å². The van der Waals surface area contributed by atoms with E-state index in [1.54, 1.807) is 7.05 Å². The maximum atomic E-state index is 12.2. The van der Waals surface area contributed by atoms with Crippen molar-refractivity contribution in [3.8, 4) is 11.3 Å². The molecule has 5 heteroatoms. The van der Waals surface area contributed by atoms with Gasteiger partial charge in [0.25, 0.3) is 5.56 Å². The molecule has 2 rings (SSSR count). The van der Waals surface area contributed by atoms with Crippen LogP contribution >= 0.6 is 11.6 Å². The zero-order chi connectivity index (χ0) is 14.0. The number of rotatable bonds is 3.